The molecule has 0 aliphatic carbocycles. The van der Waals surface area contributed by atoms with Gasteiger partial charge in [-0.05, 0) is 28.8 Å². The third-order valence-corrected chi connectivity index (χ3v) is 3.80. The van der Waals surface area contributed by atoms with Crippen LogP contribution in [0.4, 0.5) is 9.18 Å². The van der Waals surface area contributed by atoms with Crippen molar-refractivity contribution in [3.05, 3.63) is 71.0 Å². The minimum absolute atomic E-state index is 0.0423. The molecule has 2 aromatic rings. The zero-order chi connectivity index (χ0) is 19.8. The molecule has 0 aliphatic rings. The van der Waals surface area contributed by atoms with E-state index in [0.29, 0.717) is 0 Å². The second-order valence-corrected chi connectivity index (χ2v) is 5.87. The molecular formula is C19H20FNO6. The van der Waals surface area contributed by atoms with Crippen molar-refractivity contribution in [1.82, 2.24) is 5.32 Å². The van der Waals surface area contributed by atoms with E-state index in [2.05, 4.69) is 5.32 Å². The van der Waals surface area contributed by atoms with E-state index in [1.807, 2.05) is 6.07 Å². The SMILES string of the molecule is O=C(O)Cc1cc(F)ccc1C(O)C(O)CNC(=O)OCc1ccccc1. The first-order valence-electron chi connectivity index (χ1n) is 8.17. The monoisotopic (exact) mass is 377 g/mol. The fraction of sp³-hybridized carbons (Fsp3) is 0.263. The highest BCUT2D eigenvalue weighted by molar-refractivity contribution is 5.71. The third kappa shape index (κ3) is 6.36. The molecule has 2 atom stereocenters. The van der Waals surface area contributed by atoms with Crippen molar-refractivity contribution in [3.63, 3.8) is 0 Å². The van der Waals surface area contributed by atoms with Gasteiger partial charge in [-0.15, -0.1) is 0 Å². The van der Waals surface area contributed by atoms with Crippen LogP contribution in [0.5, 0.6) is 0 Å². The van der Waals surface area contributed by atoms with Crippen LogP contribution < -0.4 is 5.32 Å². The average molecular weight is 377 g/mol. The molecular weight excluding hydrogens is 357 g/mol. The van der Waals surface area contributed by atoms with Crippen LogP contribution in [0.15, 0.2) is 48.5 Å². The predicted octanol–water partition coefficient (Wildman–Crippen LogP) is 1.77. The molecule has 0 radical (unpaired) electrons. The van der Waals surface area contributed by atoms with Crippen molar-refractivity contribution in [3.8, 4) is 0 Å². The van der Waals surface area contributed by atoms with Gasteiger partial charge in [0, 0.05) is 6.54 Å². The van der Waals surface area contributed by atoms with Crippen LogP contribution in [0, 0.1) is 5.82 Å². The summed E-state index contributed by atoms with van der Waals surface area (Å²) in [5, 5.41) is 31.5. The zero-order valence-corrected chi connectivity index (χ0v) is 14.3. The Balaban J connectivity index is 1.90. The highest BCUT2D eigenvalue weighted by atomic mass is 19.1. The Morgan fingerprint density at radius 2 is 1.81 bits per heavy atom. The van der Waals surface area contributed by atoms with E-state index in [1.54, 1.807) is 24.3 Å². The second-order valence-electron chi connectivity index (χ2n) is 5.87. The molecule has 0 fully saturated rings. The van der Waals surface area contributed by atoms with Crippen LogP contribution in [-0.4, -0.2) is 40.0 Å². The second kappa shape index (κ2) is 9.65. The first-order valence-corrected chi connectivity index (χ1v) is 8.17. The van der Waals surface area contributed by atoms with Crippen molar-refractivity contribution in [2.75, 3.05) is 6.54 Å². The number of benzene rings is 2. The normalized spacial score (nSPS) is 12.9. The fourth-order valence-corrected chi connectivity index (χ4v) is 2.46. The van der Waals surface area contributed by atoms with Crippen LogP contribution >= 0.6 is 0 Å². The number of aliphatic carboxylic acids is 1. The van der Waals surface area contributed by atoms with Crippen molar-refractivity contribution in [2.45, 2.75) is 25.2 Å². The number of ether oxygens (including phenoxy) is 1. The summed E-state index contributed by atoms with van der Waals surface area (Å²) >= 11 is 0. The number of carboxylic acids is 1. The lowest BCUT2D eigenvalue weighted by atomic mass is 9.96. The molecule has 0 bridgehead atoms. The van der Waals surface area contributed by atoms with Gasteiger partial charge >= 0.3 is 12.1 Å². The standard InChI is InChI=1S/C19H20FNO6/c20-14-6-7-15(13(8-14)9-17(23)24)18(25)16(22)10-21-19(26)27-11-12-4-2-1-3-5-12/h1-8,16,18,22,25H,9-11H2,(H,21,26)(H,23,24). The summed E-state index contributed by atoms with van der Waals surface area (Å²) < 4.78 is 18.3. The first-order chi connectivity index (χ1) is 12.9. The molecule has 0 spiro atoms. The van der Waals surface area contributed by atoms with Gasteiger partial charge in [-0.25, -0.2) is 9.18 Å². The van der Waals surface area contributed by atoms with Crippen LogP contribution in [0.25, 0.3) is 0 Å². The molecule has 7 nitrogen and oxygen atoms in total. The highest BCUT2D eigenvalue weighted by Gasteiger charge is 2.23. The van der Waals surface area contributed by atoms with Crippen molar-refractivity contribution in [2.24, 2.45) is 0 Å². The van der Waals surface area contributed by atoms with Gasteiger partial charge in [0.05, 0.1) is 6.42 Å². The number of carbonyl (C=O) groups excluding carboxylic acids is 1. The van der Waals surface area contributed by atoms with Gasteiger partial charge in [-0.2, -0.15) is 0 Å². The average Bonchev–Trinajstić information content (AvgIpc) is 2.64. The molecule has 2 unspecified atom stereocenters. The summed E-state index contributed by atoms with van der Waals surface area (Å²) in [6, 6.07) is 12.2. The summed E-state index contributed by atoms with van der Waals surface area (Å²) in [5.74, 6) is -1.86. The lowest BCUT2D eigenvalue weighted by molar-refractivity contribution is -0.136. The molecule has 0 saturated heterocycles. The van der Waals surface area contributed by atoms with E-state index >= 15 is 0 Å². The van der Waals surface area contributed by atoms with Crippen LogP contribution in [0.2, 0.25) is 0 Å². The number of rotatable bonds is 8. The Morgan fingerprint density at radius 3 is 2.48 bits per heavy atom. The van der Waals surface area contributed by atoms with Gasteiger partial charge in [0.1, 0.15) is 24.6 Å². The maximum absolute atomic E-state index is 13.3. The molecule has 0 aromatic heterocycles. The zero-order valence-electron chi connectivity index (χ0n) is 14.3. The van der Waals surface area contributed by atoms with Gasteiger partial charge < -0.3 is 25.4 Å². The van der Waals surface area contributed by atoms with Crippen LogP contribution in [-0.2, 0) is 22.6 Å². The van der Waals surface area contributed by atoms with Crippen molar-refractivity contribution in [1.29, 1.82) is 0 Å². The van der Waals surface area contributed by atoms with Crippen LogP contribution in [0.1, 0.15) is 22.8 Å². The number of aliphatic hydroxyl groups excluding tert-OH is 2. The first kappa shape index (κ1) is 20.3. The number of aliphatic hydroxyl groups is 2. The summed E-state index contributed by atoms with van der Waals surface area (Å²) in [4.78, 5) is 22.6. The number of carboxylic acid groups (broad SMARTS) is 1. The molecule has 4 N–H and O–H groups in total. The van der Waals surface area contributed by atoms with E-state index in [1.165, 1.54) is 6.07 Å². The molecule has 0 saturated carbocycles. The number of alkyl carbamates (subject to hydrolysis) is 1. The lowest BCUT2D eigenvalue weighted by Gasteiger charge is -2.21. The van der Waals surface area contributed by atoms with E-state index in [9.17, 15) is 24.2 Å². The third-order valence-electron chi connectivity index (χ3n) is 3.80. The number of carbonyl (C=O) groups is 2. The molecule has 2 rings (SSSR count). The number of halogens is 1. The topological polar surface area (TPSA) is 116 Å². The molecule has 0 heterocycles. The van der Waals surface area contributed by atoms with Gasteiger partial charge in [-0.3, -0.25) is 4.79 Å². The molecule has 2 aromatic carbocycles. The molecule has 27 heavy (non-hydrogen) atoms. The number of hydrogen-bond donors (Lipinski definition) is 4. The Kier molecular flexibility index (Phi) is 7.27. The summed E-state index contributed by atoms with van der Waals surface area (Å²) in [5.41, 5.74) is 0.907. The largest absolute Gasteiger partial charge is 0.481 e. The Bertz CT molecular complexity index is 783. The maximum Gasteiger partial charge on any atom is 0.407 e. The van der Waals surface area contributed by atoms with Crippen molar-refractivity contribution >= 4 is 12.1 Å². The smallest absolute Gasteiger partial charge is 0.407 e. The maximum atomic E-state index is 13.3. The minimum atomic E-state index is -1.51. The Hall–Kier alpha value is -2.97. The van der Waals surface area contributed by atoms with E-state index in [-0.39, 0.29) is 24.3 Å². The summed E-state index contributed by atoms with van der Waals surface area (Å²) in [6.45, 7) is -0.287. The van der Waals surface area contributed by atoms with Gasteiger partial charge in [0.25, 0.3) is 0 Å². The fourth-order valence-electron chi connectivity index (χ4n) is 2.46. The number of amides is 1. The van der Waals surface area contributed by atoms with Crippen LogP contribution in [0.3, 0.4) is 0 Å². The Morgan fingerprint density at radius 1 is 1.11 bits per heavy atom. The van der Waals surface area contributed by atoms with E-state index in [0.717, 1.165) is 17.7 Å². The van der Waals surface area contributed by atoms with Gasteiger partial charge in [0.2, 0.25) is 0 Å². The molecule has 0 aliphatic heterocycles. The van der Waals surface area contributed by atoms with E-state index in [4.69, 9.17) is 9.84 Å². The van der Waals surface area contributed by atoms with Gasteiger partial charge in [-0.1, -0.05) is 36.4 Å². The summed E-state index contributed by atoms with van der Waals surface area (Å²) in [7, 11) is 0. The highest BCUT2D eigenvalue weighted by Crippen LogP contribution is 2.23. The lowest BCUT2D eigenvalue weighted by Crippen LogP contribution is -2.36. The molecule has 8 heteroatoms. The number of nitrogens with one attached hydrogen (secondary N) is 1. The number of hydrogen-bond acceptors (Lipinski definition) is 5. The molecule has 144 valence electrons. The predicted molar refractivity (Wildman–Crippen MR) is 93.3 cm³/mol. The van der Waals surface area contributed by atoms with E-state index < -0.39 is 36.5 Å². The van der Waals surface area contributed by atoms with Crippen molar-refractivity contribution < 1.29 is 34.0 Å². The quantitative estimate of drug-likeness (QED) is 0.557. The summed E-state index contributed by atoms with van der Waals surface area (Å²) in [6.07, 6.45) is -4.24. The Labute approximate surface area is 155 Å². The minimum Gasteiger partial charge on any atom is -0.481 e. The molecule has 1 amide bonds. The van der Waals surface area contributed by atoms with Gasteiger partial charge in [0.15, 0.2) is 0 Å².